The molecule has 0 aliphatic carbocycles. The van der Waals surface area contributed by atoms with E-state index in [1.807, 2.05) is 30.0 Å². The Morgan fingerprint density at radius 3 is 2.76 bits per heavy atom. The van der Waals surface area contributed by atoms with Crippen LogP contribution in [0.2, 0.25) is 0 Å². The standard InChI is InChI=1S/C21H28N4O3S/c1-16-13-18(23-28-16)15-29-20-19(3-2-6-22-20)21(26)25-7-4-17(5-8-25)14-24-9-11-27-12-10-24/h2-3,6,13,17H,4-5,7-12,14-15H2,1H3. The molecular weight excluding hydrogens is 388 g/mol. The van der Waals surface area contributed by atoms with Gasteiger partial charge in [-0.25, -0.2) is 4.98 Å². The number of ether oxygens (including phenoxy) is 1. The maximum atomic E-state index is 13.1. The molecule has 2 fully saturated rings. The molecule has 0 saturated carbocycles. The summed E-state index contributed by atoms with van der Waals surface area (Å²) in [5, 5.41) is 4.78. The first-order chi connectivity index (χ1) is 14.2. The minimum Gasteiger partial charge on any atom is -0.379 e. The van der Waals surface area contributed by atoms with Crippen molar-refractivity contribution in [3.8, 4) is 0 Å². The van der Waals surface area contributed by atoms with Crippen LogP contribution in [0.15, 0.2) is 33.9 Å². The molecule has 0 N–H and O–H groups in total. The highest BCUT2D eigenvalue weighted by Crippen LogP contribution is 2.27. The zero-order valence-electron chi connectivity index (χ0n) is 16.9. The highest BCUT2D eigenvalue weighted by molar-refractivity contribution is 7.98. The Kier molecular flexibility index (Phi) is 6.84. The van der Waals surface area contributed by atoms with Gasteiger partial charge < -0.3 is 14.2 Å². The highest BCUT2D eigenvalue weighted by Gasteiger charge is 2.27. The second-order valence-electron chi connectivity index (χ2n) is 7.72. The second kappa shape index (κ2) is 9.73. The van der Waals surface area contributed by atoms with Crippen molar-refractivity contribution in [1.82, 2.24) is 19.9 Å². The first kappa shape index (κ1) is 20.4. The summed E-state index contributed by atoms with van der Waals surface area (Å²) in [5.74, 6) is 2.17. The van der Waals surface area contributed by atoms with Gasteiger partial charge in [-0.05, 0) is 37.8 Å². The number of aromatic nitrogens is 2. The van der Waals surface area contributed by atoms with E-state index in [1.165, 1.54) is 11.8 Å². The molecule has 2 aromatic heterocycles. The minimum atomic E-state index is 0.0850. The summed E-state index contributed by atoms with van der Waals surface area (Å²) in [4.78, 5) is 22.1. The third kappa shape index (κ3) is 5.38. The lowest BCUT2D eigenvalue weighted by atomic mass is 9.95. The van der Waals surface area contributed by atoms with Crippen LogP contribution in [0.3, 0.4) is 0 Å². The number of carbonyl (C=O) groups is 1. The Morgan fingerprint density at radius 1 is 1.24 bits per heavy atom. The average Bonchev–Trinajstić information content (AvgIpc) is 3.18. The van der Waals surface area contributed by atoms with Gasteiger partial charge >= 0.3 is 0 Å². The number of piperidine rings is 1. The Bertz CT molecular complexity index is 814. The maximum Gasteiger partial charge on any atom is 0.256 e. The quantitative estimate of drug-likeness (QED) is 0.671. The number of pyridine rings is 1. The number of nitrogens with zero attached hydrogens (tertiary/aromatic N) is 4. The Balaban J connectivity index is 1.32. The monoisotopic (exact) mass is 416 g/mol. The number of thioether (sulfide) groups is 1. The number of carbonyl (C=O) groups excluding carboxylic acids is 1. The number of amides is 1. The summed E-state index contributed by atoms with van der Waals surface area (Å²) < 4.78 is 10.6. The molecule has 0 unspecified atom stereocenters. The third-order valence-corrected chi connectivity index (χ3v) is 6.60. The van der Waals surface area contributed by atoms with E-state index >= 15 is 0 Å². The van der Waals surface area contributed by atoms with Crippen LogP contribution in [0.5, 0.6) is 0 Å². The third-order valence-electron chi connectivity index (χ3n) is 5.56. The number of morpholine rings is 1. The molecule has 1 amide bonds. The maximum absolute atomic E-state index is 13.1. The Labute approximate surface area is 175 Å². The lowest BCUT2D eigenvalue weighted by Gasteiger charge is -2.36. The van der Waals surface area contributed by atoms with Gasteiger partial charge in [-0.3, -0.25) is 9.69 Å². The lowest BCUT2D eigenvalue weighted by molar-refractivity contribution is 0.0242. The summed E-state index contributed by atoms with van der Waals surface area (Å²) in [7, 11) is 0. The predicted octanol–water partition coefficient (Wildman–Crippen LogP) is 2.85. The van der Waals surface area contributed by atoms with E-state index in [2.05, 4.69) is 15.0 Å². The molecule has 8 heteroatoms. The summed E-state index contributed by atoms with van der Waals surface area (Å²) in [6.45, 7) is 8.36. The summed E-state index contributed by atoms with van der Waals surface area (Å²) in [6.07, 6.45) is 3.86. The smallest absolute Gasteiger partial charge is 0.256 e. The molecular formula is C21H28N4O3S. The molecule has 0 bridgehead atoms. The molecule has 156 valence electrons. The Morgan fingerprint density at radius 2 is 2.03 bits per heavy atom. The molecule has 2 aliphatic rings. The predicted molar refractivity (Wildman–Crippen MR) is 111 cm³/mol. The molecule has 29 heavy (non-hydrogen) atoms. The van der Waals surface area contributed by atoms with E-state index < -0.39 is 0 Å². The summed E-state index contributed by atoms with van der Waals surface area (Å²) in [6, 6.07) is 5.63. The number of hydrogen-bond donors (Lipinski definition) is 0. The van der Waals surface area contributed by atoms with Crippen LogP contribution in [-0.2, 0) is 10.5 Å². The fourth-order valence-corrected chi connectivity index (χ4v) is 4.80. The highest BCUT2D eigenvalue weighted by atomic mass is 32.2. The lowest BCUT2D eigenvalue weighted by Crippen LogP contribution is -2.44. The molecule has 0 aromatic carbocycles. The van der Waals surface area contributed by atoms with Crippen LogP contribution in [0.1, 0.15) is 34.7 Å². The fourth-order valence-electron chi connectivity index (χ4n) is 3.93. The van der Waals surface area contributed by atoms with Crippen LogP contribution in [0.4, 0.5) is 0 Å². The van der Waals surface area contributed by atoms with E-state index in [4.69, 9.17) is 9.26 Å². The largest absolute Gasteiger partial charge is 0.379 e. The molecule has 2 aromatic rings. The average molecular weight is 417 g/mol. The van der Waals surface area contributed by atoms with Crippen molar-refractivity contribution in [1.29, 1.82) is 0 Å². The number of hydrogen-bond acceptors (Lipinski definition) is 7. The molecule has 4 heterocycles. The first-order valence-electron chi connectivity index (χ1n) is 10.3. The topological polar surface area (TPSA) is 71.7 Å². The molecule has 2 saturated heterocycles. The minimum absolute atomic E-state index is 0.0850. The van der Waals surface area contributed by atoms with Crippen LogP contribution in [0.25, 0.3) is 0 Å². The summed E-state index contributed by atoms with van der Waals surface area (Å²) in [5.41, 5.74) is 1.55. The zero-order valence-corrected chi connectivity index (χ0v) is 17.7. The van der Waals surface area contributed by atoms with Crippen molar-refractivity contribution in [2.45, 2.75) is 30.5 Å². The van der Waals surface area contributed by atoms with Gasteiger partial charge in [-0.2, -0.15) is 0 Å². The van der Waals surface area contributed by atoms with Crippen LogP contribution in [0, 0.1) is 12.8 Å². The van der Waals surface area contributed by atoms with Gasteiger partial charge in [0.25, 0.3) is 5.91 Å². The molecule has 2 aliphatic heterocycles. The number of aryl methyl sites for hydroxylation is 1. The first-order valence-corrected chi connectivity index (χ1v) is 11.3. The molecule has 0 spiro atoms. The summed E-state index contributed by atoms with van der Waals surface area (Å²) >= 11 is 1.53. The van der Waals surface area contributed by atoms with E-state index in [0.717, 1.165) is 75.3 Å². The number of rotatable bonds is 6. The van der Waals surface area contributed by atoms with E-state index in [9.17, 15) is 4.79 Å². The van der Waals surface area contributed by atoms with Gasteiger partial charge in [-0.1, -0.05) is 16.9 Å². The molecule has 0 radical (unpaired) electrons. The molecule has 0 atom stereocenters. The van der Waals surface area contributed by atoms with Gasteiger partial charge in [0.1, 0.15) is 10.8 Å². The van der Waals surface area contributed by atoms with Gasteiger partial charge in [0.15, 0.2) is 0 Å². The van der Waals surface area contributed by atoms with Crippen molar-refractivity contribution < 1.29 is 14.1 Å². The van der Waals surface area contributed by atoms with Crippen LogP contribution >= 0.6 is 11.8 Å². The normalized spacial score (nSPS) is 18.9. The van der Waals surface area contributed by atoms with Crippen molar-refractivity contribution in [3.63, 3.8) is 0 Å². The van der Waals surface area contributed by atoms with Crippen LogP contribution in [-0.4, -0.2) is 71.8 Å². The van der Waals surface area contributed by atoms with E-state index in [0.29, 0.717) is 17.2 Å². The Hall–Kier alpha value is -1.90. The van der Waals surface area contributed by atoms with Crippen molar-refractivity contribution in [2.75, 3.05) is 45.9 Å². The van der Waals surface area contributed by atoms with Gasteiger partial charge in [-0.15, -0.1) is 0 Å². The molecule has 4 rings (SSSR count). The van der Waals surface area contributed by atoms with Gasteiger partial charge in [0.2, 0.25) is 0 Å². The molecule has 7 nitrogen and oxygen atoms in total. The van der Waals surface area contributed by atoms with Gasteiger partial charge in [0.05, 0.1) is 24.5 Å². The zero-order chi connectivity index (χ0) is 20.1. The van der Waals surface area contributed by atoms with Crippen molar-refractivity contribution in [3.05, 3.63) is 41.4 Å². The van der Waals surface area contributed by atoms with Crippen molar-refractivity contribution >= 4 is 17.7 Å². The van der Waals surface area contributed by atoms with Gasteiger partial charge in [0, 0.05) is 50.7 Å². The van der Waals surface area contributed by atoms with Crippen molar-refractivity contribution in [2.24, 2.45) is 5.92 Å². The second-order valence-corrected chi connectivity index (χ2v) is 8.69. The number of likely N-dealkylation sites (tertiary alicyclic amines) is 1. The van der Waals surface area contributed by atoms with E-state index in [-0.39, 0.29) is 5.91 Å². The SMILES string of the molecule is Cc1cc(CSc2ncccc2C(=O)N2CCC(CN3CCOCC3)CC2)no1. The van der Waals surface area contributed by atoms with Crippen LogP contribution < -0.4 is 0 Å². The fraction of sp³-hybridized carbons (Fsp3) is 0.571. The van der Waals surface area contributed by atoms with E-state index in [1.54, 1.807) is 6.20 Å².